The smallest absolute Gasteiger partial charge is 0.265 e. The number of anilines is 1. The van der Waals surface area contributed by atoms with Crippen LogP contribution in [0.15, 0.2) is 66.0 Å². The molecule has 26 heavy (non-hydrogen) atoms. The van der Waals surface area contributed by atoms with Gasteiger partial charge in [-0.25, -0.2) is 0 Å². The van der Waals surface area contributed by atoms with Crippen LogP contribution >= 0.6 is 11.3 Å². The number of benzene rings is 2. The molecule has 4 rings (SSSR count). The van der Waals surface area contributed by atoms with Gasteiger partial charge in [0, 0.05) is 13.1 Å². The third kappa shape index (κ3) is 3.26. The number of amides is 2. The zero-order valence-corrected chi connectivity index (χ0v) is 15.0. The molecule has 2 aromatic carbocycles. The number of carbonyl (C=O) groups excluding carboxylic acids is 2. The zero-order valence-electron chi connectivity index (χ0n) is 14.1. The maximum absolute atomic E-state index is 13.1. The molecule has 0 saturated heterocycles. The summed E-state index contributed by atoms with van der Waals surface area (Å²) in [5.41, 5.74) is 3.56. The van der Waals surface area contributed by atoms with Crippen LogP contribution in [0.2, 0.25) is 0 Å². The summed E-state index contributed by atoms with van der Waals surface area (Å²) >= 11 is 1.38. The lowest BCUT2D eigenvalue weighted by Gasteiger charge is -2.29. The minimum Gasteiger partial charge on any atom is -0.334 e. The minimum absolute atomic E-state index is 0.0541. The van der Waals surface area contributed by atoms with E-state index in [1.165, 1.54) is 22.5 Å². The number of nitrogens with one attached hydrogen (secondary N) is 1. The van der Waals surface area contributed by atoms with Crippen molar-refractivity contribution in [3.05, 3.63) is 87.6 Å². The largest absolute Gasteiger partial charge is 0.334 e. The molecule has 3 aromatic rings. The Morgan fingerprint density at radius 3 is 2.50 bits per heavy atom. The fourth-order valence-corrected chi connectivity index (χ4v) is 3.83. The highest BCUT2D eigenvalue weighted by Crippen LogP contribution is 2.24. The van der Waals surface area contributed by atoms with Gasteiger partial charge in [0.15, 0.2) is 0 Å². The molecule has 0 radical (unpaired) electrons. The van der Waals surface area contributed by atoms with Crippen LogP contribution in [0.5, 0.6) is 0 Å². The van der Waals surface area contributed by atoms with Gasteiger partial charge in [-0.3, -0.25) is 9.59 Å². The van der Waals surface area contributed by atoms with Crippen LogP contribution in [-0.4, -0.2) is 23.3 Å². The van der Waals surface area contributed by atoms with Gasteiger partial charge in [0.25, 0.3) is 11.8 Å². The molecule has 130 valence electrons. The number of rotatable bonds is 3. The van der Waals surface area contributed by atoms with Crippen molar-refractivity contribution in [2.45, 2.75) is 13.0 Å². The number of fused-ring (bicyclic) bond motifs is 1. The van der Waals surface area contributed by atoms with E-state index in [1.54, 1.807) is 18.2 Å². The molecule has 1 aromatic heterocycles. The number of carbonyl (C=O) groups is 2. The highest BCUT2D eigenvalue weighted by Gasteiger charge is 2.23. The Hall–Kier alpha value is -2.92. The Balaban J connectivity index is 1.56. The summed E-state index contributed by atoms with van der Waals surface area (Å²) in [5, 5.41) is 4.73. The first-order valence-electron chi connectivity index (χ1n) is 8.52. The number of nitrogens with zero attached hydrogens (tertiary/aromatic N) is 1. The predicted molar refractivity (Wildman–Crippen MR) is 104 cm³/mol. The van der Waals surface area contributed by atoms with Crippen LogP contribution in [0.1, 0.15) is 31.2 Å². The van der Waals surface area contributed by atoms with Gasteiger partial charge in [0.1, 0.15) is 0 Å². The summed E-state index contributed by atoms with van der Waals surface area (Å²) in [6, 6.07) is 19.0. The average molecular weight is 362 g/mol. The van der Waals surface area contributed by atoms with Gasteiger partial charge in [-0.05, 0) is 41.1 Å². The van der Waals surface area contributed by atoms with Crippen molar-refractivity contribution in [3.8, 4) is 0 Å². The number of hydrogen-bond donors (Lipinski definition) is 1. The van der Waals surface area contributed by atoms with E-state index >= 15 is 0 Å². The molecule has 0 aliphatic carbocycles. The fourth-order valence-electron chi connectivity index (χ4n) is 3.21. The molecule has 5 heteroatoms. The Morgan fingerprint density at radius 2 is 1.69 bits per heavy atom. The van der Waals surface area contributed by atoms with E-state index in [2.05, 4.69) is 17.4 Å². The van der Waals surface area contributed by atoms with E-state index < -0.39 is 0 Å². The van der Waals surface area contributed by atoms with Crippen LogP contribution in [0.3, 0.4) is 0 Å². The van der Waals surface area contributed by atoms with E-state index in [4.69, 9.17) is 0 Å². The first-order valence-corrected chi connectivity index (χ1v) is 9.40. The molecule has 2 heterocycles. The lowest BCUT2D eigenvalue weighted by atomic mass is 9.99. The standard InChI is InChI=1S/C21H18N2O2S/c24-20(19-10-5-13-26-19)22-18-9-4-3-8-17(18)21(25)23-12-11-15-6-1-2-7-16(15)14-23/h1-10,13H,11-12,14H2,(H,22,24). The molecule has 1 aliphatic rings. The van der Waals surface area contributed by atoms with Crippen LogP contribution in [0.4, 0.5) is 5.69 Å². The van der Waals surface area contributed by atoms with Crippen LogP contribution < -0.4 is 5.32 Å². The van der Waals surface area contributed by atoms with E-state index in [0.29, 0.717) is 29.2 Å². The van der Waals surface area contributed by atoms with Crippen molar-refractivity contribution in [2.24, 2.45) is 0 Å². The molecule has 0 bridgehead atoms. The molecule has 0 fully saturated rings. The normalized spacial score (nSPS) is 13.2. The number of para-hydroxylation sites is 1. The molecule has 0 saturated carbocycles. The minimum atomic E-state index is -0.191. The summed E-state index contributed by atoms with van der Waals surface area (Å²) in [6.45, 7) is 1.28. The third-order valence-corrected chi connectivity index (χ3v) is 5.44. The van der Waals surface area contributed by atoms with Crippen molar-refractivity contribution in [2.75, 3.05) is 11.9 Å². The van der Waals surface area contributed by atoms with E-state index in [9.17, 15) is 9.59 Å². The molecule has 0 unspecified atom stereocenters. The maximum Gasteiger partial charge on any atom is 0.265 e. The van der Waals surface area contributed by atoms with Gasteiger partial charge in [0.05, 0.1) is 16.1 Å². The topological polar surface area (TPSA) is 49.4 Å². The summed E-state index contributed by atoms with van der Waals surface area (Å²) in [6.07, 6.45) is 0.853. The zero-order chi connectivity index (χ0) is 17.9. The average Bonchev–Trinajstić information content (AvgIpc) is 3.22. The molecule has 0 atom stereocenters. The lowest BCUT2D eigenvalue weighted by molar-refractivity contribution is 0.0736. The molecule has 4 nitrogen and oxygen atoms in total. The van der Waals surface area contributed by atoms with E-state index in [0.717, 1.165) is 6.42 Å². The maximum atomic E-state index is 13.1. The Kier molecular flexibility index (Phi) is 4.54. The van der Waals surface area contributed by atoms with Crippen LogP contribution in [0, 0.1) is 0 Å². The third-order valence-electron chi connectivity index (χ3n) is 4.57. The SMILES string of the molecule is O=C(Nc1ccccc1C(=O)N1CCc2ccccc2C1)c1cccs1. The Labute approximate surface area is 156 Å². The molecule has 2 amide bonds. The van der Waals surface area contributed by atoms with E-state index in [-0.39, 0.29) is 11.8 Å². The monoisotopic (exact) mass is 362 g/mol. The van der Waals surface area contributed by atoms with Crippen molar-refractivity contribution in [1.82, 2.24) is 4.90 Å². The van der Waals surface area contributed by atoms with Gasteiger partial charge < -0.3 is 10.2 Å². The fraction of sp³-hybridized carbons (Fsp3) is 0.143. The number of hydrogen-bond acceptors (Lipinski definition) is 3. The molecular formula is C21H18N2O2S. The Bertz CT molecular complexity index is 950. The van der Waals surface area contributed by atoms with E-state index in [1.807, 2.05) is 40.6 Å². The molecule has 0 spiro atoms. The van der Waals surface area contributed by atoms with Gasteiger partial charge in [0.2, 0.25) is 0 Å². The van der Waals surface area contributed by atoms with Crippen molar-refractivity contribution in [3.63, 3.8) is 0 Å². The predicted octanol–water partition coefficient (Wildman–Crippen LogP) is 4.20. The van der Waals surface area contributed by atoms with Crippen molar-refractivity contribution < 1.29 is 9.59 Å². The molecule has 1 aliphatic heterocycles. The second-order valence-electron chi connectivity index (χ2n) is 6.22. The first kappa shape index (κ1) is 16.5. The van der Waals surface area contributed by atoms with Crippen molar-refractivity contribution in [1.29, 1.82) is 0 Å². The van der Waals surface area contributed by atoms with Gasteiger partial charge in [-0.15, -0.1) is 11.3 Å². The van der Waals surface area contributed by atoms with Crippen molar-refractivity contribution >= 4 is 28.8 Å². The molecule has 1 N–H and O–H groups in total. The highest BCUT2D eigenvalue weighted by molar-refractivity contribution is 7.12. The quantitative estimate of drug-likeness (QED) is 0.759. The summed E-state index contributed by atoms with van der Waals surface area (Å²) in [7, 11) is 0. The Morgan fingerprint density at radius 1 is 0.923 bits per heavy atom. The molecular weight excluding hydrogens is 344 g/mol. The second kappa shape index (κ2) is 7.14. The first-order chi connectivity index (χ1) is 12.7. The van der Waals surface area contributed by atoms with Gasteiger partial charge in [-0.1, -0.05) is 42.5 Å². The highest BCUT2D eigenvalue weighted by atomic mass is 32.1. The number of thiophene rings is 1. The van der Waals surface area contributed by atoms with Crippen LogP contribution in [0.25, 0.3) is 0 Å². The van der Waals surface area contributed by atoms with Gasteiger partial charge >= 0.3 is 0 Å². The summed E-state index contributed by atoms with van der Waals surface area (Å²) < 4.78 is 0. The lowest BCUT2D eigenvalue weighted by Crippen LogP contribution is -2.36. The summed E-state index contributed by atoms with van der Waals surface area (Å²) in [4.78, 5) is 27.9. The second-order valence-corrected chi connectivity index (χ2v) is 7.17. The summed E-state index contributed by atoms with van der Waals surface area (Å²) in [5.74, 6) is -0.245. The van der Waals surface area contributed by atoms with Crippen LogP contribution in [-0.2, 0) is 13.0 Å². The van der Waals surface area contributed by atoms with Gasteiger partial charge in [-0.2, -0.15) is 0 Å².